The molecule has 132 valence electrons. The van der Waals surface area contributed by atoms with Gasteiger partial charge in [0.2, 0.25) is 0 Å². The van der Waals surface area contributed by atoms with E-state index in [2.05, 4.69) is 51.9 Å². The first-order valence-corrected chi connectivity index (χ1v) is 9.71. The van der Waals surface area contributed by atoms with Crippen LogP contribution in [0.2, 0.25) is 0 Å². The van der Waals surface area contributed by atoms with Gasteiger partial charge in [0.25, 0.3) is 5.91 Å². The van der Waals surface area contributed by atoms with E-state index in [9.17, 15) is 4.79 Å². The fourth-order valence-corrected chi connectivity index (χ4v) is 3.88. The van der Waals surface area contributed by atoms with E-state index in [0.29, 0.717) is 11.6 Å². The van der Waals surface area contributed by atoms with Crippen LogP contribution >= 0.6 is 11.3 Å². The molecule has 2 heterocycles. The second-order valence-corrected chi connectivity index (χ2v) is 7.16. The van der Waals surface area contributed by atoms with Gasteiger partial charge >= 0.3 is 0 Å². The molecule has 0 saturated carbocycles. The van der Waals surface area contributed by atoms with E-state index in [1.54, 1.807) is 0 Å². The van der Waals surface area contributed by atoms with Gasteiger partial charge in [-0.2, -0.15) is 11.3 Å². The number of thiophene rings is 1. The Morgan fingerprint density at radius 3 is 2.62 bits per heavy atom. The number of rotatable bonds is 4. The van der Waals surface area contributed by atoms with Crippen LogP contribution in [0.1, 0.15) is 22.0 Å². The smallest absolute Gasteiger partial charge is 0.256 e. The highest BCUT2D eigenvalue weighted by Gasteiger charge is 2.20. The number of amides is 1. The Labute approximate surface area is 157 Å². The minimum atomic E-state index is -0.0645. The molecule has 0 aliphatic carbocycles. The number of benzene rings is 2. The molecular formula is C21H21N3OS. The second-order valence-electron chi connectivity index (χ2n) is 6.38. The van der Waals surface area contributed by atoms with E-state index >= 15 is 0 Å². The molecule has 0 spiro atoms. The second kappa shape index (κ2) is 7.72. The van der Waals surface area contributed by atoms with E-state index in [0.717, 1.165) is 25.3 Å². The summed E-state index contributed by atoms with van der Waals surface area (Å²) < 4.78 is 0. The van der Waals surface area contributed by atoms with Crippen LogP contribution in [0.15, 0.2) is 71.4 Å². The highest BCUT2D eigenvalue weighted by atomic mass is 32.1. The Balaban J connectivity index is 1.42. The lowest BCUT2D eigenvalue weighted by atomic mass is 10.0. The number of nitrogens with zero attached hydrogens (tertiary/aromatic N) is 1. The lowest BCUT2D eigenvalue weighted by Gasteiger charge is -2.35. The summed E-state index contributed by atoms with van der Waals surface area (Å²) in [6.07, 6.45) is 0. The quantitative estimate of drug-likeness (QED) is 0.732. The number of anilines is 2. The summed E-state index contributed by atoms with van der Waals surface area (Å²) in [5.41, 5.74) is 4.02. The summed E-state index contributed by atoms with van der Waals surface area (Å²) in [7, 11) is 0. The molecule has 1 fully saturated rings. The van der Waals surface area contributed by atoms with Crippen molar-refractivity contribution in [3.63, 3.8) is 0 Å². The molecule has 1 aromatic heterocycles. The zero-order chi connectivity index (χ0) is 17.8. The van der Waals surface area contributed by atoms with Gasteiger partial charge in [-0.25, -0.2) is 0 Å². The number of carbonyl (C=O) groups is 1. The van der Waals surface area contributed by atoms with Crippen molar-refractivity contribution in [2.75, 3.05) is 29.9 Å². The molecule has 1 aliphatic heterocycles. The molecule has 2 aromatic carbocycles. The molecule has 1 atom stereocenters. The number of nitrogens with one attached hydrogen (secondary N) is 2. The molecule has 5 heteroatoms. The van der Waals surface area contributed by atoms with Crippen molar-refractivity contribution in [2.24, 2.45) is 0 Å². The van der Waals surface area contributed by atoms with Gasteiger partial charge in [-0.15, -0.1) is 0 Å². The van der Waals surface area contributed by atoms with Crippen molar-refractivity contribution in [1.29, 1.82) is 0 Å². The SMILES string of the molecule is O=C(Nc1ccc(N2CCNC(c3ccccc3)C2)cc1)c1ccsc1. The van der Waals surface area contributed by atoms with Crippen LogP contribution in [0.3, 0.4) is 0 Å². The van der Waals surface area contributed by atoms with Crippen molar-refractivity contribution < 1.29 is 4.79 Å². The maximum atomic E-state index is 12.1. The molecule has 0 radical (unpaired) electrons. The van der Waals surface area contributed by atoms with Gasteiger partial charge in [0.15, 0.2) is 0 Å². The van der Waals surface area contributed by atoms with Crippen LogP contribution < -0.4 is 15.5 Å². The largest absolute Gasteiger partial charge is 0.368 e. The molecule has 3 aromatic rings. The summed E-state index contributed by atoms with van der Waals surface area (Å²) in [4.78, 5) is 14.5. The third kappa shape index (κ3) is 3.79. The van der Waals surface area contributed by atoms with Gasteiger partial charge in [0, 0.05) is 42.4 Å². The first kappa shape index (κ1) is 16.8. The topological polar surface area (TPSA) is 44.4 Å². The van der Waals surface area contributed by atoms with Gasteiger partial charge in [0.1, 0.15) is 0 Å². The molecule has 1 amide bonds. The number of piperazine rings is 1. The summed E-state index contributed by atoms with van der Waals surface area (Å²) in [5.74, 6) is -0.0645. The van der Waals surface area contributed by atoms with Crippen LogP contribution in [0.5, 0.6) is 0 Å². The van der Waals surface area contributed by atoms with E-state index < -0.39 is 0 Å². The molecule has 1 saturated heterocycles. The van der Waals surface area contributed by atoms with E-state index in [1.807, 2.05) is 35.0 Å². The summed E-state index contributed by atoms with van der Waals surface area (Å²) in [5, 5.41) is 10.3. The van der Waals surface area contributed by atoms with Crippen molar-refractivity contribution in [3.05, 3.63) is 82.6 Å². The van der Waals surface area contributed by atoms with Crippen LogP contribution in [-0.4, -0.2) is 25.5 Å². The van der Waals surface area contributed by atoms with E-state index in [-0.39, 0.29) is 5.91 Å². The van der Waals surface area contributed by atoms with E-state index in [1.165, 1.54) is 22.6 Å². The van der Waals surface area contributed by atoms with Gasteiger partial charge in [-0.1, -0.05) is 30.3 Å². The minimum Gasteiger partial charge on any atom is -0.368 e. The fourth-order valence-electron chi connectivity index (χ4n) is 3.25. The highest BCUT2D eigenvalue weighted by Crippen LogP contribution is 2.24. The molecule has 4 rings (SSSR count). The zero-order valence-corrected chi connectivity index (χ0v) is 15.2. The summed E-state index contributed by atoms with van der Waals surface area (Å²) in [6.45, 7) is 2.87. The minimum absolute atomic E-state index is 0.0645. The van der Waals surface area contributed by atoms with Gasteiger partial charge < -0.3 is 15.5 Å². The van der Waals surface area contributed by atoms with Crippen LogP contribution in [0, 0.1) is 0 Å². The molecule has 26 heavy (non-hydrogen) atoms. The molecule has 1 aliphatic rings. The maximum absolute atomic E-state index is 12.1. The number of carbonyl (C=O) groups excluding carboxylic acids is 1. The summed E-state index contributed by atoms with van der Waals surface area (Å²) in [6, 6.07) is 20.8. The Kier molecular flexibility index (Phi) is 5.00. The van der Waals surface area contributed by atoms with Crippen molar-refractivity contribution in [1.82, 2.24) is 5.32 Å². The third-order valence-corrected chi connectivity index (χ3v) is 5.33. The average Bonchev–Trinajstić information content (AvgIpc) is 3.24. The number of hydrogen-bond donors (Lipinski definition) is 2. The average molecular weight is 363 g/mol. The molecule has 4 nitrogen and oxygen atoms in total. The summed E-state index contributed by atoms with van der Waals surface area (Å²) >= 11 is 1.52. The van der Waals surface area contributed by atoms with E-state index in [4.69, 9.17) is 0 Å². The maximum Gasteiger partial charge on any atom is 0.256 e. The predicted molar refractivity (Wildman–Crippen MR) is 108 cm³/mol. The highest BCUT2D eigenvalue weighted by molar-refractivity contribution is 7.08. The first-order valence-electron chi connectivity index (χ1n) is 8.76. The molecule has 1 unspecified atom stereocenters. The Bertz CT molecular complexity index is 847. The lowest BCUT2D eigenvalue weighted by Crippen LogP contribution is -2.45. The lowest BCUT2D eigenvalue weighted by molar-refractivity contribution is 0.102. The molecule has 2 N–H and O–H groups in total. The molecule has 0 bridgehead atoms. The first-order chi connectivity index (χ1) is 12.8. The van der Waals surface area contributed by atoms with Crippen molar-refractivity contribution in [3.8, 4) is 0 Å². The van der Waals surface area contributed by atoms with Crippen molar-refractivity contribution in [2.45, 2.75) is 6.04 Å². The third-order valence-electron chi connectivity index (χ3n) is 4.65. The van der Waals surface area contributed by atoms with Gasteiger partial charge in [0.05, 0.1) is 5.56 Å². The zero-order valence-electron chi connectivity index (χ0n) is 14.4. The van der Waals surface area contributed by atoms with Gasteiger partial charge in [-0.05, 0) is 41.3 Å². The monoisotopic (exact) mass is 363 g/mol. The Morgan fingerprint density at radius 1 is 1.08 bits per heavy atom. The standard InChI is InChI=1S/C21H21N3OS/c25-21(17-10-13-26-15-17)23-18-6-8-19(9-7-18)24-12-11-22-20(14-24)16-4-2-1-3-5-16/h1-10,13,15,20,22H,11-12,14H2,(H,23,25). The van der Waals surface area contributed by atoms with Crippen LogP contribution in [-0.2, 0) is 0 Å². The normalized spacial score (nSPS) is 17.1. The van der Waals surface area contributed by atoms with Crippen molar-refractivity contribution >= 4 is 28.6 Å². The fraction of sp³-hybridized carbons (Fsp3) is 0.190. The van der Waals surface area contributed by atoms with Crippen LogP contribution in [0.4, 0.5) is 11.4 Å². The Hall–Kier alpha value is -2.63. The Morgan fingerprint density at radius 2 is 1.88 bits per heavy atom. The predicted octanol–water partition coefficient (Wildman–Crippen LogP) is 4.15. The molecular weight excluding hydrogens is 342 g/mol. The van der Waals surface area contributed by atoms with Crippen LogP contribution in [0.25, 0.3) is 0 Å². The van der Waals surface area contributed by atoms with Gasteiger partial charge in [-0.3, -0.25) is 4.79 Å². The number of hydrogen-bond acceptors (Lipinski definition) is 4.